The van der Waals surface area contributed by atoms with Crippen LogP contribution in [-0.4, -0.2) is 13.1 Å². The lowest BCUT2D eigenvalue weighted by Crippen LogP contribution is -2.24. The van der Waals surface area contributed by atoms with E-state index in [1.807, 2.05) is 81.4 Å². The van der Waals surface area contributed by atoms with Crippen LogP contribution in [0.4, 0.5) is 4.39 Å². The predicted octanol–water partition coefficient (Wildman–Crippen LogP) is 4.16. The van der Waals surface area contributed by atoms with Gasteiger partial charge in [0.1, 0.15) is 0 Å². The third kappa shape index (κ3) is 2.71. The van der Waals surface area contributed by atoms with Gasteiger partial charge in [-0.15, -0.1) is 0 Å². The van der Waals surface area contributed by atoms with E-state index in [-0.39, 0.29) is 0 Å². The number of likely N-dealkylation sites (N-methyl/N-ethyl adjacent to an activating group) is 1. The van der Waals surface area contributed by atoms with E-state index in [2.05, 4.69) is 6.92 Å². The second kappa shape index (κ2) is 4.96. The zero-order valence-electron chi connectivity index (χ0n) is 8.10. The van der Waals surface area contributed by atoms with E-state index in [0.29, 0.717) is 0 Å². The highest BCUT2D eigenvalue weighted by molar-refractivity contribution is 14.2. The van der Waals surface area contributed by atoms with Gasteiger partial charge in [-0.2, -0.15) is 0 Å². The molecule has 1 heterocycles. The van der Waals surface area contributed by atoms with Crippen LogP contribution in [0.15, 0.2) is 35.7 Å². The Morgan fingerprint density at radius 2 is 2.21 bits per heavy atom. The molecule has 0 amide bonds. The monoisotopic (exact) mass is 419 g/mol. The Morgan fingerprint density at radius 1 is 1.57 bits per heavy atom. The first-order valence-corrected chi connectivity index (χ1v) is 6.55. The third-order valence-electron chi connectivity index (χ3n) is 2.03. The minimum Gasteiger partial charge on any atom is -0.348 e. The van der Waals surface area contributed by atoms with Crippen molar-refractivity contribution >= 4 is 45.2 Å². The molecule has 0 aromatic carbocycles. The van der Waals surface area contributed by atoms with Crippen molar-refractivity contribution in [1.29, 1.82) is 0 Å². The van der Waals surface area contributed by atoms with Crippen molar-refractivity contribution in [3.05, 3.63) is 35.7 Å². The Labute approximate surface area is 111 Å². The molecule has 0 bridgehead atoms. The van der Waals surface area contributed by atoms with Gasteiger partial charge in [0, 0.05) is 24.0 Å². The maximum Gasteiger partial charge on any atom is 0.237 e. The van der Waals surface area contributed by atoms with Gasteiger partial charge in [-0.1, -0.05) is 12.2 Å². The Balaban J connectivity index is 3.07. The fourth-order valence-electron chi connectivity index (χ4n) is 1.40. The van der Waals surface area contributed by atoms with Crippen LogP contribution in [0.3, 0.4) is 0 Å². The lowest BCUT2D eigenvalue weighted by Gasteiger charge is -2.29. The first-order valence-electron chi connectivity index (χ1n) is 4.39. The lowest BCUT2D eigenvalue weighted by molar-refractivity contribution is 0.448. The lowest BCUT2D eigenvalue weighted by atomic mass is 10.1. The maximum atomic E-state index is 13.8. The second-order valence-corrected chi connectivity index (χ2v) is 7.92. The van der Waals surface area contributed by atoms with Crippen molar-refractivity contribution in [2.24, 2.45) is 0 Å². The molecule has 0 saturated heterocycles. The Hall–Kier alpha value is 0.410. The summed E-state index contributed by atoms with van der Waals surface area (Å²) in [7, 11) is 0. The molecule has 0 radical (unpaired) electrons. The largest absolute Gasteiger partial charge is 0.348 e. The molecule has 0 saturated carbocycles. The number of hydrogen-bond acceptors (Lipinski definition) is 1. The molecule has 0 spiro atoms. The van der Waals surface area contributed by atoms with Crippen LogP contribution >= 0.6 is 45.2 Å². The molecule has 1 aliphatic heterocycles. The van der Waals surface area contributed by atoms with Crippen LogP contribution in [-0.2, 0) is 0 Å². The van der Waals surface area contributed by atoms with Gasteiger partial charge >= 0.3 is 0 Å². The number of rotatable bonds is 2. The molecule has 1 nitrogen and oxygen atoms in total. The highest BCUT2D eigenvalue weighted by atomic mass is 127. The van der Waals surface area contributed by atoms with Gasteiger partial charge in [-0.3, -0.25) is 0 Å². The molecule has 1 rings (SSSR count). The summed E-state index contributed by atoms with van der Waals surface area (Å²) in [5, 5.41) is 0. The summed E-state index contributed by atoms with van der Waals surface area (Å²) >= 11 is 3.62. The normalized spacial score (nSPS) is 20.2. The summed E-state index contributed by atoms with van der Waals surface area (Å²) < 4.78 is 12.5. The molecule has 0 unspecified atom stereocenters. The average molecular weight is 419 g/mol. The summed E-state index contributed by atoms with van der Waals surface area (Å²) in [5.74, 6) is 0. The van der Waals surface area contributed by atoms with Crippen LogP contribution in [0.1, 0.15) is 13.8 Å². The molecule has 78 valence electrons. The molecule has 4 heteroatoms. The van der Waals surface area contributed by atoms with Gasteiger partial charge in [0.15, 0.2) is 0 Å². The highest BCUT2D eigenvalue weighted by Crippen LogP contribution is 2.42. The third-order valence-corrected chi connectivity index (χ3v) is 3.20. The average Bonchev–Trinajstić information content (AvgIpc) is 2.15. The molecule has 0 aromatic rings. The molecule has 0 aromatic heterocycles. The fourth-order valence-corrected chi connectivity index (χ4v) is 2.31. The standard InChI is InChI=1S/C10H12FI2N/c1-3-9-8(10(11,12)13)6-5-7-14(9)4-2/h3,5-7H,4H2,1-2H3/b9-3-. The fraction of sp³-hybridized carbons (Fsp3) is 0.400. The van der Waals surface area contributed by atoms with Gasteiger partial charge in [-0.05, 0) is 65.1 Å². The summed E-state index contributed by atoms with van der Waals surface area (Å²) in [5.41, 5.74) is 1.69. The van der Waals surface area contributed by atoms with Gasteiger partial charge in [0.25, 0.3) is 0 Å². The Morgan fingerprint density at radius 3 is 2.64 bits per heavy atom. The Bertz CT molecular complexity index is 300. The number of halogens is 3. The molecular weight excluding hydrogens is 407 g/mol. The first kappa shape index (κ1) is 12.5. The molecule has 0 atom stereocenters. The summed E-state index contributed by atoms with van der Waals surface area (Å²) in [6.45, 7) is 4.85. The van der Waals surface area contributed by atoms with E-state index in [4.69, 9.17) is 0 Å². The Kier molecular flexibility index (Phi) is 4.42. The van der Waals surface area contributed by atoms with Crippen LogP contribution < -0.4 is 0 Å². The smallest absolute Gasteiger partial charge is 0.237 e. The van der Waals surface area contributed by atoms with Crippen LogP contribution in [0.25, 0.3) is 0 Å². The topological polar surface area (TPSA) is 3.24 Å². The number of allylic oxidation sites excluding steroid dienone is 4. The molecule has 0 aliphatic carbocycles. The van der Waals surface area contributed by atoms with Crippen molar-refractivity contribution in [3.8, 4) is 0 Å². The minimum absolute atomic E-state index is 0.727. The van der Waals surface area contributed by atoms with E-state index < -0.39 is 1.68 Å². The van der Waals surface area contributed by atoms with E-state index in [1.54, 1.807) is 0 Å². The maximum absolute atomic E-state index is 13.8. The molecule has 14 heavy (non-hydrogen) atoms. The summed E-state index contributed by atoms with van der Waals surface area (Å²) in [6, 6.07) is 0. The van der Waals surface area contributed by atoms with Gasteiger partial charge in [-0.25, -0.2) is 4.39 Å². The summed E-state index contributed by atoms with van der Waals surface area (Å²) in [6.07, 6.45) is 7.64. The van der Waals surface area contributed by atoms with Crippen LogP contribution in [0, 0.1) is 0 Å². The zero-order valence-corrected chi connectivity index (χ0v) is 12.4. The van der Waals surface area contributed by atoms with E-state index in [9.17, 15) is 4.39 Å². The highest BCUT2D eigenvalue weighted by Gasteiger charge is 2.31. The first-order chi connectivity index (χ1) is 6.50. The van der Waals surface area contributed by atoms with Crippen molar-refractivity contribution < 1.29 is 4.39 Å². The van der Waals surface area contributed by atoms with Gasteiger partial charge < -0.3 is 4.90 Å². The van der Waals surface area contributed by atoms with E-state index >= 15 is 0 Å². The predicted molar refractivity (Wildman–Crippen MR) is 75.2 cm³/mol. The van der Waals surface area contributed by atoms with Crippen molar-refractivity contribution in [2.45, 2.75) is 15.5 Å². The second-order valence-electron chi connectivity index (χ2n) is 2.88. The zero-order chi connectivity index (χ0) is 10.8. The van der Waals surface area contributed by atoms with Crippen molar-refractivity contribution in [1.82, 2.24) is 4.90 Å². The minimum atomic E-state index is -1.34. The van der Waals surface area contributed by atoms with Crippen LogP contribution in [0.2, 0.25) is 0 Å². The SMILES string of the molecule is C/C=C1/C(C(F)(I)I)=CC=CN1CC. The molecule has 0 fully saturated rings. The summed E-state index contributed by atoms with van der Waals surface area (Å²) in [4.78, 5) is 2.04. The van der Waals surface area contributed by atoms with Crippen molar-refractivity contribution in [2.75, 3.05) is 6.54 Å². The molecular formula is C10H12FI2N. The number of nitrogens with zero attached hydrogens (tertiary/aromatic N) is 1. The van der Waals surface area contributed by atoms with Crippen LogP contribution in [0.5, 0.6) is 0 Å². The number of hydrogen-bond donors (Lipinski definition) is 0. The van der Waals surface area contributed by atoms with Gasteiger partial charge in [0.05, 0.1) is 0 Å². The number of alkyl halides is 3. The molecule has 0 N–H and O–H groups in total. The molecule has 1 aliphatic rings. The van der Waals surface area contributed by atoms with E-state index in [1.165, 1.54) is 0 Å². The quantitative estimate of drug-likeness (QED) is 0.480. The van der Waals surface area contributed by atoms with Gasteiger partial charge in [0.2, 0.25) is 1.68 Å². The van der Waals surface area contributed by atoms with E-state index in [0.717, 1.165) is 17.8 Å². The van der Waals surface area contributed by atoms with Crippen molar-refractivity contribution in [3.63, 3.8) is 0 Å².